The third-order valence-electron chi connectivity index (χ3n) is 2.66. The molecule has 1 N–H and O–H groups in total. The van der Waals surface area contributed by atoms with Gasteiger partial charge in [0, 0.05) is 5.56 Å². The Morgan fingerprint density at radius 1 is 1.43 bits per heavy atom. The highest BCUT2D eigenvalue weighted by atomic mass is 35.5. The van der Waals surface area contributed by atoms with Gasteiger partial charge in [-0.05, 0) is 30.3 Å². The van der Waals surface area contributed by atoms with Crippen molar-refractivity contribution in [1.82, 2.24) is 5.32 Å². The molecule has 0 aliphatic heterocycles. The third-order valence-corrected chi connectivity index (χ3v) is 2.99. The fourth-order valence-corrected chi connectivity index (χ4v) is 1.83. The molecule has 0 unspecified atom stereocenters. The number of halogens is 2. The number of hydrogen-bond donors (Lipinski definition) is 1. The van der Waals surface area contributed by atoms with E-state index in [0.717, 1.165) is 6.08 Å². The van der Waals surface area contributed by atoms with E-state index in [4.69, 9.17) is 21.3 Å². The maximum atomic E-state index is 13.6. The molecular formula is C15H10ClFN2O2. The number of nitriles is 1. The lowest BCUT2D eigenvalue weighted by Crippen LogP contribution is -2.23. The molecule has 6 heteroatoms. The van der Waals surface area contributed by atoms with Crippen molar-refractivity contribution in [2.45, 2.75) is 6.54 Å². The molecule has 0 radical (unpaired) electrons. The van der Waals surface area contributed by atoms with Crippen molar-refractivity contribution < 1.29 is 13.6 Å². The first-order valence-corrected chi connectivity index (χ1v) is 6.36. The summed E-state index contributed by atoms with van der Waals surface area (Å²) in [7, 11) is 0. The van der Waals surface area contributed by atoms with E-state index in [1.807, 2.05) is 0 Å². The Labute approximate surface area is 125 Å². The molecule has 0 bridgehead atoms. The second-order valence-electron chi connectivity index (χ2n) is 4.07. The molecule has 21 heavy (non-hydrogen) atoms. The minimum atomic E-state index is -0.631. The molecule has 1 amide bonds. The van der Waals surface area contributed by atoms with Gasteiger partial charge < -0.3 is 9.73 Å². The number of furan rings is 1. The van der Waals surface area contributed by atoms with E-state index in [1.165, 1.54) is 24.5 Å². The molecule has 106 valence electrons. The van der Waals surface area contributed by atoms with E-state index in [9.17, 15) is 9.18 Å². The second kappa shape index (κ2) is 6.73. The number of amides is 1. The van der Waals surface area contributed by atoms with E-state index in [0.29, 0.717) is 5.76 Å². The summed E-state index contributed by atoms with van der Waals surface area (Å²) in [5.41, 5.74) is -0.238. The van der Waals surface area contributed by atoms with Gasteiger partial charge in [-0.2, -0.15) is 5.26 Å². The molecular weight excluding hydrogens is 295 g/mol. The van der Waals surface area contributed by atoms with E-state index in [-0.39, 0.29) is 22.7 Å². The van der Waals surface area contributed by atoms with Crippen LogP contribution in [0.25, 0.3) is 6.08 Å². The third kappa shape index (κ3) is 3.71. The van der Waals surface area contributed by atoms with Crippen molar-refractivity contribution in [3.05, 3.63) is 64.3 Å². The molecule has 0 saturated carbocycles. The topological polar surface area (TPSA) is 66.0 Å². The number of benzene rings is 1. The van der Waals surface area contributed by atoms with Crippen molar-refractivity contribution in [2.75, 3.05) is 0 Å². The van der Waals surface area contributed by atoms with Crippen LogP contribution in [0.1, 0.15) is 11.3 Å². The molecule has 0 fully saturated rings. The van der Waals surface area contributed by atoms with Crippen LogP contribution < -0.4 is 5.32 Å². The number of hydrogen-bond acceptors (Lipinski definition) is 3. The van der Waals surface area contributed by atoms with Gasteiger partial charge in [-0.15, -0.1) is 0 Å². The van der Waals surface area contributed by atoms with Crippen molar-refractivity contribution in [3.63, 3.8) is 0 Å². The smallest absolute Gasteiger partial charge is 0.262 e. The van der Waals surface area contributed by atoms with Crippen LogP contribution in [-0.4, -0.2) is 5.91 Å². The Morgan fingerprint density at radius 2 is 2.24 bits per heavy atom. The summed E-state index contributed by atoms with van der Waals surface area (Å²) in [6, 6.07) is 9.22. The summed E-state index contributed by atoms with van der Waals surface area (Å²) in [5, 5.41) is 11.7. The van der Waals surface area contributed by atoms with Gasteiger partial charge in [-0.1, -0.05) is 17.7 Å². The zero-order valence-electron chi connectivity index (χ0n) is 10.8. The summed E-state index contributed by atoms with van der Waals surface area (Å²) < 4.78 is 18.7. The van der Waals surface area contributed by atoms with E-state index >= 15 is 0 Å². The fraction of sp³-hybridized carbons (Fsp3) is 0.0667. The summed E-state index contributed by atoms with van der Waals surface area (Å²) in [6.07, 6.45) is 2.59. The van der Waals surface area contributed by atoms with Crippen molar-refractivity contribution in [2.24, 2.45) is 0 Å². The monoisotopic (exact) mass is 304 g/mol. The lowest BCUT2D eigenvalue weighted by atomic mass is 10.1. The first kappa shape index (κ1) is 14.8. The number of nitrogens with one attached hydrogen (secondary N) is 1. The lowest BCUT2D eigenvalue weighted by molar-refractivity contribution is -0.117. The van der Waals surface area contributed by atoms with Gasteiger partial charge in [0.25, 0.3) is 5.91 Å². The highest BCUT2D eigenvalue weighted by Crippen LogP contribution is 2.21. The number of carbonyl (C=O) groups is 1. The van der Waals surface area contributed by atoms with Crippen molar-refractivity contribution in [3.8, 4) is 6.07 Å². The summed E-state index contributed by atoms with van der Waals surface area (Å²) in [4.78, 5) is 11.9. The van der Waals surface area contributed by atoms with Gasteiger partial charge in [0.1, 0.15) is 23.2 Å². The summed E-state index contributed by atoms with van der Waals surface area (Å²) in [5.74, 6) is -0.688. The number of rotatable bonds is 4. The van der Waals surface area contributed by atoms with Gasteiger partial charge >= 0.3 is 0 Å². The minimum absolute atomic E-state index is 0.00358. The van der Waals surface area contributed by atoms with Crippen LogP contribution in [0.15, 0.2) is 46.6 Å². The maximum absolute atomic E-state index is 13.6. The van der Waals surface area contributed by atoms with Crippen LogP contribution in [0, 0.1) is 17.1 Å². The summed E-state index contributed by atoms with van der Waals surface area (Å²) in [6.45, 7) is 0.135. The van der Waals surface area contributed by atoms with Gasteiger partial charge in [0.15, 0.2) is 0 Å². The average Bonchev–Trinajstić information content (AvgIpc) is 2.98. The predicted octanol–water partition coefficient (Wildman–Crippen LogP) is 3.30. The minimum Gasteiger partial charge on any atom is -0.467 e. The second-order valence-corrected chi connectivity index (χ2v) is 4.47. The molecule has 2 aromatic rings. The first-order chi connectivity index (χ1) is 10.1. The van der Waals surface area contributed by atoms with E-state index < -0.39 is 11.7 Å². The molecule has 0 saturated heterocycles. The van der Waals surface area contributed by atoms with Gasteiger partial charge in [0.2, 0.25) is 0 Å². The normalized spacial score (nSPS) is 11.0. The largest absolute Gasteiger partial charge is 0.467 e. The number of carbonyl (C=O) groups excluding carboxylic acids is 1. The lowest BCUT2D eigenvalue weighted by Gasteiger charge is -2.04. The van der Waals surface area contributed by atoms with Crippen LogP contribution in [0.3, 0.4) is 0 Å². The Morgan fingerprint density at radius 3 is 2.86 bits per heavy atom. The Kier molecular flexibility index (Phi) is 4.75. The maximum Gasteiger partial charge on any atom is 0.262 e. The predicted molar refractivity (Wildman–Crippen MR) is 75.6 cm³/mol. The molecule has 0 atom stereocenters. The highest BCUT2D eigenvalue weighted by molar-refractivity contribution is 6.32. The van der Waals surface area contributed by atoms with E-state index in [1.54, 1.807) is 18.2 Å². The quantitative estimate of drug-likeness (QED) is 0.696. The average molecular weight is 305 g/mol. The van der Waals surface area contributed by atoms with Crippen LogP contribution in [0.4, 0.5) is 4.39 Å². The Balaban J connectivity index is 2.17. The summed E-state index contributed by atoms with van der Waals surface area (Å²) >= 11 is 5.85. The SMILES string of the molecule is N#C/C(=C/c1c(F)cccc1Cl)C(=O)NCc1ccco1. The zero-order valence-corrected chi connectivity index (χ0v) is 11.5. The van der Waals surface area contributed by atoms with Crippen LogP contribution in [-0.2, 0) is 11.3 Å². The first-order valence-electron chi connectivity index (χ1n) is 5.98. The molecule has 2 rings (SSSR count). The molecule has 1 heterocycles. The van der Waals surface area contributed by atoms with Crippen LogP contribution in [0.5, 0.6) is 0 Å². The van der Waals surface area contributed by atoms with Gasteiger partial charge in [0.05, 0.1) is 17.8 Å². The van der Waals surface area contributed by atoms with Crippen molar-refractivity contribution >= 4 is 23.6 Å². The fourth-order valence-electron chi connectivity index (χ4n) is 1.62. The molecule has 1 aromatic heterocycles. The molecule has 4 nitrogen and oxygen atoms in total. The van der Waals surface area contributed by atoms with Crippen LogP contribution in [0.2, 0.25) is 5.02 Å². The standard InChI is InChI=1S/C15H10ClFN2O2/c16-13-4-1-5-14(17)12(13)7-10(8-18)15(20)19-9-11-3-2-6-21-11/h1-7H,9H2,(H,19,20)/b10-7-. The van der Waals surface area contributed by atoms with Crippen LogP contribution >= 0.6 is 11.6 Å². The highest BCUT2D eigenvalue weighted by Gasteiger charge is 2.12. The van der Waals surface area contributed by atoms with E-state index in [2.05, 4.69) is 5.32 Å². The van der Waals surface area contributed by atoms with Gasteiger partial charge in [-0.3, -0.25) is 4.79 Å². The Bertz CT molecular complexity index is 698. The van der Waals surface area contributed by atoms with Crippen molar-refractivity contribution in [1.29, 1.82) is 5.26 Å². The molecule has 1 aromatic carbocycles. The molecule has 0 aliphatic rings. The Hall–Kier alpha value is -2.58. The van der Waals surface area contributed by atoms with Gasteiger partial charge in [-0.25, -0.2) is 4.39 Å². The zero-order chi connectivity index (χ0) is 15.2. The number of nitrogens with zero attached hydrogens (tertiary/aromatic N) is 1. The molecule has 0 aliphatic carbocycles. The molecule has 0 spiro atoms.